The van der Waals surface area contributed by atoms with Gasteiger partial charge >= 0.3 is 0 Å². The zero-order valence-electron chi connectivity index (χ0n) is 12.8. The van der Waals surface area contributed by atoms with Crippen LogP contribution in [0.15, 0.2) is 41.8 Å². The van der Waals surface area contributed by atoms with E-state index in [0.29, 0.717) is 13.0 Å². The van der Waals surface area contributed by atoms with Gasteiger partial charge in [0.05, 0.1) is 13.5 Å². The predicted molar refractivity (Wildman–Crippen MR) is 89.6 cm³/mol. The highest BCUT2D eigenvalue weighted by atomic mass is 32.1. The minimum Gasteiger partial charge on any atom is -0.496 e. The van der Waals surface area contributed by atoms with Crippen molar-refractivity contribution in [1.29, 1.82) is 0 Å². The Hall–Kier alpha value is -1.81. The van der Waals surface area contributed by atoms with Crippen molar-refractivity contribution in [2.75, 3.05) is 13.7 Å². The summed E-state index contributed by atoms with van der Waals surface area (Å²) in [6.07, 6.45) is 3.89. The molecule has 116 valence electrons. The van der Waals surface area contributed by atoms with Crippen LogP contribution in [0.1, 0.15) is 29.7 Å². The first-order valence-corrected chi connectivity index (χ1v) is 8.54. The molecule has 0 radical (unpaired) electrons. The van der Waals surface area contributed by atoms with E-state index < -0.39 is 0 Å². The molecule has 0 unspecified atom stereocenters. The summed E-state index contributed by atoms with van der Waals surface area (Å²) in [5.41, 5.74) is 1.26. The second-order valence-corrected chi connectivity index (χ2v) is 6.90. The van der Waals surface area contributed by atoms with Gasteiger partial charge < -0.3 is 10.1 Å². The first-order valence-electron chi connectivity index (χ1n) is 7.66. The summed E-state index contributed by atoms with van der Waals surface area (Å²) in [6.45, 7) is 0.692. The number of carbonyl (C=O) groups excluding carboxylic acids is 1. The van der Waals surface area contributed by atoms with Crippen LogP contribution >= 0.6 is 11.3 Å². The van der Waals surface area contributed by atoms with Crippen molar-refractivity contribution in [3.05, 3.63) is 52.2 Å². The third-order valence-corrected chi connectivity index (χ3v) is 5.40. The Bertz CT molecular complexity index is 632. The van der Waals surface area contributed by atoms with E-state index in [2.05, 4.69) is 11.4 Å². The third-order valence-electron chi connectivity index (χ3n) is 4.53. The zero-order chi connectivity index (χ0) is 15.4. The van der Waals surface area contributed by atoms with Crippen molar-refractivity contribution in [3.63, 3.8) is 0 Å². The van der Waals surface area contributed by atoms with Gasteiger partial charge in [-0.2, -0.15) is 0 Å². The summed E-state index contributed by atoms with van der Waals surface area (Å²) in [6, 6.07) is 12.2. The van der Waals surface area contributed by atoms with Gasteiger partial charge in [0.15, 0.2) is 0 Å². The Balaban J connectivity index is 1.67. The Morgan fingerprint density at radius 3 is 2.73 bits per heavy atom. The lowest BCUT2D eigenvalue weighted by molar-refractivity contribution is -0.120. The number of thiophene rings is 1. The Kier molecular flexibility index (Phi) is 4.48. The number of hydrogen-bond acceptors (Lipinski definition) is 3. The van der Waals surface area contributed by atoms with E-state index >= 15 is 0 Å². The summed E-state index contributed by atoms with van der Waals surface area (Å²) >= 11 is 1.63. The van der Waals surface area contributed by atoms with E-state index in [9.17, 15) is 4.79 Å². The average molecular weight is 315 g/mol. The highest BCUT2D eigenvalue weighted by Gasteiger charge is 2.40. The predicted octanol–water partition coefficient (Wildman–Crippen LogP) is 3.54. The van der Waals surface area contributed by atoms with Crippen LogP contribution in [0, 0.1) is 0 Å². The van der Waals surface area contributed by atoms with Gasteiger partial charge in [0.2, 0.25) is 5.91 Å². The maximum atomic E-state index is 12.1. The third kappa shape index (κ3) is 3.02. The molecule has 1 N–H and O–H groups in total. The van der Waals surface area contributed by atoms with Gasteiger partial charge in [-0.05, 0) is 30.4 Å². The number of amides is 1. The molecule has 1 aliphatic rings. The molecule has 0 bridgehead atoms. The molecule has 1 aromatic carbocycles. The van der Waals surface area contributed by atoms with Crippen molar-refractivity contribution in [1.82, 2.24) is 5.32 Å². The van der Waals surface area contributed by atoms with E-state index in [-0.39, 0.29) is 11.3 Å². The van der Waals surface area contributed by atoms with Crippen LogP contribution in [-0.2, 0) is 16.6 Å². The zero-order valence-corrected chi connectivity index (χ0v) is 13.6. The van der Waals surface area contributed by atoms with Crippen molar-refractivity contribution >= 4 is 17.2 Å². The molecular weight excluding hydrogens is 294 g/mol. The van der Waals surface area contributed by atoms with Gasteiger partial charge in [-0.1, -0.05) is 30.7 Å². The van der Waals surface area contributed by atoms with Gasteiger partial charge in [-0.3, -0.25) is 4.79 Å². The van der Waals surface area contributed by atoms with E-state index in [4.69, 9.17) is 4.74 Å². The number of methoxy groups -OCH3 is 1. The lowest BCUT2D eigenvalue weighted by Crippen LogP contribution is -2.46. The molecule has 1 fully saturated rings. The smallest absolute Gasteiger partial charge is 0.225 e. The van der Waals surface area contributed by atoms with Crippen molar-refractivity contribution < 1.29 is 9.53 Å². The Morgan fingerprint density at radius 1 is 1.27 bits per heavy atom. The number of rotatable bonds is 6. The SMILES string of the molecule is COc1ccccc1C1(CNC(=O)Cc2cccs2)CCC1. The lowest BCUT2D eigenvalue weighted by atomic mass is 9.64. The first-order chi connectivity index (χ1) is 10.7. The van der Waals surface area contributed by atoms with Crippen LogP contribution < -0.4 is 10.1 Å². The summed E-state index contributed by atoms with van der Waals surface area (Å²) in [4.78, 5) is 13.3. The number of para-hydroxylation sites is 1. The molecule has 1 amide bonds. The van der Waals surface area contributed by atoms with Crippen LogP contribution in [0.5, 0.6) is 5.75 Å². The van der Waals surface area contributed by atoms with Crippen molar-refractivity contribution in [3.8, 4) is 5.75 Å². The summed E-state index contributed by atoms with van der Waals surface area (Å²) in [5, 5.41) is 5.13. The Morgan fingerprint density at radius 2 is 2.09 bits per heavy atom. The highest BCUT2D eigenvalue weighted by molar-refractivity contribution is 7.10. The molecule has 0 atom stereocenters. The van der Waals surface area contributed by atoms with Crippen LogP contribution in [0.4, 0.5) is 0 Å². The largest absolute Gasteiger partial charge is 0.496 e. The molecule has 1 aromatic heterocycles. The number of hydrogen-bond donors (Lipinski definition) is 1. The molecule has 0 aliphatic heterocycles. The van der Waals surface area contributed by atoms with Gasteiger partial charge in [-0.25, -0.2) is 0 Å². The molecule has 4 heteroatoms. The number of carbonyl (C=O) groups is 1. The van der Waals surface area contributed by atoms with E-state index in [1.807, 2.05) is 35.7 Å². The van der Waals surface area contributed by atoms with Gasteiger partial charge in [-0.15, -0.1) is 11.3 Å². The van der Waals surface area contributed by atoms with E-state index in [0.717, 1.165) is 23.5 Å². The standard InChI is InChI=1S/C18H21NO2S/c1-21-16-8-3-2-7-15(16)18(9-5-10-18)13-19-17(20)12-14-6-4-11-22-14/h2-4,6-8,11H,5,9-10,12-13H2,1H3,(H,19,20). The van der Waals surface area contributed by atoms with Crippen LogP contribution in [-0.4, -0.2) is 19.6 Å². The van der Waals surface area contributed by atoms with E-state index in [1.165, 1.54) is 12.0 Å². The molecule has 1 heterocycles. The topological polar surface area (TPSA) is 38.3 Å². The van der Waals surface area contributed by atoms with Crippen molar-refractivity contribution in [2.24, 2.45) is 0 Å². The van der Waals surface area contributed by atoms with Crippen LogP contribution in [0.3, 0.4) is 0 Å². The fraction of sp³-hybridized carbons (Fsp3) is 0.389. The van der Waals surface area contributed by atoms with Gasteiger partial charge in [0.25, 0.3) is 0 Å². The number of ether oxygens (including phenoxy) is 1. The summed E-state index contributed by atoms with van der Waals surface area (Å²) in [5.74, 6) is 1.03. The molecule has 3 rings (SSSR count). The molecular formula is C18H21NO2S. The number of nitrogens with one attached hydrogen (secondary N) is 1. The Labute approximate surface area is 135 Å². The van der Waals surface area contributed by atoms with Crippen LogP contribution in [0.2, 0.25) is 0 Å². The minimum atomic E-state index is 0.0394. The van der Waals surface area contributed by atoms with Gasteiger partial charge in [0, 0.05) is 22.4 Å². The first kappa shape index (κ1) is 15.1. The second kappa shape index (κ2) is 6.53. The van der Waals surface area contributed by atoms with Gasteiger partial charge in [0.1, 0.15) is 5.75 Å². The lowest BCUT2D eigenvalue weighted by Gasteiger charge is -2.43. The number of benzene rings is 1. The minimum absolute atomic E-state index is 0.0394. The fourth-order valence-electron chi connectivity index (χ4n) is 3.13. The molecule has 0 spiro atoms. The fourth-order valence-corrected chi connectivity index (χ4v) is 3.83. The van der Waals surface area contributed by atoms with Crippen LogP contribution in [0.25, 0.3) is 0 Å². The molecule has 3 nitrogen and oxygen atoms in total. The molecule has 22 heavy (non-hydrogen) atoms. The maximum Gasteiger partial charge on any atom is 0.225 e. The quantitative estimate of drug-likeness (QED) is 0.885. The van der Waals surface area contributed by atoms with E-state index in [1.54, 1.807) is 18.4 Å². The normalized spacial score (nSPS) is 15.9. The van der Waals surface area contributed by atoms with Crippen molar-refractivity contribution in [2.45, 2.75) is 31.1 Å². The second-order valence-electron chi connectivity index (χ2n) is 5.87. The molecule has 1 aliphatic carbocycles. The summed E-state index contributed by atoms with van der Waals surface area (Å²) < 4.78 is 5.51. The highest BCUT2D eigenvalue weighted by Crippen LogP contribution is 2.46. The average Bonchev–Trinajstić information content (AvgIpc) is 2.99. The molecule has 1 saturated carbocycles. The molecule has 0 saturated heterocycles. The monoisotopic (exact) mass is 315 g/mol. The molecule has 2 aromatic rings. The summed E-state index contributed by atoms with van der Waals surface area (Å²) in [7, 11) is 1.71. The maximum absolute atomic E-state index is 12.1.